The Morgan fingerprint density at radius 3 is 2.63 bits per heavy atom. The number of hydrogen-bond donors (Lipinski definition) is 2. The standard InChI is InChI=1S/C16H25NO2/c1-4-6-7-11-14(16(18)19)17-15-12(3)9-8-10-13(15)5-2/h8-10,14,17H,4-7,11H2,1-3H3,(H,18,19). The minimum atomic E-state index is -0.763. The van der Waals surface area contributed by atoms with Gasteiger partial charge in [0.05, 0.1) is 0 Å². The Kier molecular flexibility index (Phi) is 6.40. The quantitative estimate of drug-likeness (QED) is 0.697. The van der Waals surface area contributed by atoms with Crippen molar-refractivity contribution in [2.24, 2.45) is 0 Å². The summed E-state index contributed by atoms with van der Waals surface area (Å²) in [6.07, 6.45) is 4.73. The Morgan fingerprint density at radius 2 is 2.05 bits per heavy atom. The number of para-hydroxylation sites is 1. The molecule has 0 saturated heterocycles. The lowest BCUT2D eigenvalue weighted by Crippen LogP contribution is -2.30. The van der Waals surface area contributed by atoms with Crippen molar-refractivity contribution in [1.82, 2.24) is 0 Å². The summed E-state index contributed by atoms with van der Waals surface area (Å²) in [6.45, 7) is 6.24. The maximum atomic E-state index is 11.3. The summed E-state index contributed by atoms with van der Waals surface area (Å²) < 4.78 is 0. The van der Waals surface area contributed by atoms with Crippen molar-refractivity contribution in [1.29, 1.82) is 0 Å². The molecule has 0 aliphatic carbocycles. The number of carbonyl (C=O) groups is 1. The molecular formula is C16H25NO2. The largest absolute Gasteiger partial charge is 0.480 e. The average Bonchev–Trinajstić information content (AvgIpc) is 2.39. The fraction of sp³-hybridized carbons (Fsp3) is 0.562. The number of carboxylic acids is 1. The Balaban J connectivity index is 2.81. The number of nitrogens with one attached hydrogen (secondary N) is 1. The van der Waals surface area contributed by atoms with Crippen LogP contribution in [-0.2, 0) is 11.2 Å². The topological polar surface area (TPSA) is 49.3 Å². The van der Waals surface area contributed by atoms with Gasteiger partial charge in [0.25, 0.3) is 0 Å². The van der Waals surface area contributed by atoms with Crippen LogP contribution in [0.1, 0.15) is 50.7 Å². The van der Waals surface area contributed by atoms with E-state index in [0.29, 0.717) is 6.42 Å². The first-order chi connectivity index (χ1) is 9.10. The van der Waals surface area contributed by atoms with Gasteiger partial charge in [-0.1, -0.05) is 51.3 Å². The molecule has 0 aliphatic rings. The van der Waals surface area contributed by atoms with Crippen LogP contribution in [0, 0.1) is 6.92 Å². The van der Waals surface area contributed by atoms with Crippen molar-refractivity contribution in [2.75, 3.05) is 5.32 Å². The van der Waals surface area contributed by atoms with Crippen molar-refractivity contribution in [3.63, 3.8) is 0 Å². The smallest absolute Gasteiger partial charge is 0.326 e. The van der Waals surface area contributed by atoms with E-state index in [0.717, 1.165) is 36.9 Å². The number of carboxylic acid groups (broad SMARTS) is 1. The second-order valence-corrected chi connectivity index (χ2v) is 4.99. The van der Waals surface area contributed by atoms with Gasteiger partial charge in [-0.3, -0.25) is 0 Å². The molecule has 0 saturated carbocycles. The molecule has 3 nitrogen and oxygen atoms in total. The number of unbranched alkanes of at least 4 members (excludes halogenated alkanes) is 2. The molecule has 0 amide bonds. The molecule has 0 fully saturated rings. The van der Waals surface area contributed by atoms with E-state index in [-0.39, 0.29) is 0 Å². The molecule has 0 heterocycles. The lowest BCUT2D eigenvalue weighted by molar-refractivity contribution is -0.138. The lowest BCUT2D eigenvalue weighted by Gasteiger charge is -2.20. The highest BCUT2D eigenvalue weighted by Crippen LogP contribution is 2.23. The number of benzene rings is 1. The van der Waals surface area contributed by atoms with E-state index in [1.54, 1.807) is 0 Å². The van der Waals surface area contributed by atoms with Crippen LogP contribution < -0.4 is 5.32 Å². The first-order valence-corrected chi connectivity index (χ1v) is 7.18. The molecule has 1 atom stereocenters. The average molecular weight is 263 g/mol. The van der Waals surface area contributed by atoms with E-state index in [1.807, 2.05) is 19.1 Å². The summed E-state index contributed by atoms with van der Waals surface area (Å²) >= 11 is 0. The van der Waals surface area contributed by atoms with Crippen LogP contribution in [0.5, 0.6) is 0 Å². The Morgan fingerprint density at radius 1 is 1.32 bits per heavy atom. The van der Waals surface area contributed by atoms with Gasteiger partial charge in [0.15, 0.2) is 0 Å². The monoisotopic (exact) mass is 263 g/mol. The molecule has 0 radical (unpaired) electrons. The second-order valence-electron chi connectivity index (χ2n) is 4.99. The van der Waals surface area contributed by atoms with Gasteiger partial charge in [0.2, 0.25) is 0 Å². The van der Waals surface area contributed by atoms with E-state index in [9.17, 15) is 9.90 Å². The fourth-order valence-corrected chi connectivity index (χ4v) is 2.26. The molecular weight excluding hydrogens is 238 g/mol. The van der Waals surface area contributed by atoms with Crippen molar-refractivity contribution in [3.8, 4) is 0 Å². The van der Waals surface area contributed by atoms with E-state index < -0.39 is 12.0 Å². The Bertz CT molecular complexity index is 415. The molecule has 2 N–H and O–H groups in total. The van der Waals surface area contributed by atoms with Gasteiger partial charge >= 0.3 is 5.97 Å². The van der Waals surface area contributed by atoms with E-state index in [2.05, 4.69) is 25.2 Å². The molecule has 106 valence electrons. The zero-order valence-corrected chi connectivity index (χ0v) is 12.2. The first-order valence-electron chi connectivity index (χ1n) is 7.18. The van der Waals surface area contributed by atoms with Gasteiger partial charge in [-0.05, 0) is 30.9 Å². The van der Waals surface area contributed by atoms with Gasteiger partial charge in [0.1, 0.15) is 6.04 Å². The summed E-state index contributed by atoms with van der Waals surface area (Å²) in [5.41, 5.74) is 3.29. The molecule has 1 aromatic carbocycles. The molecule has 0 bridgehead atoms. The molecule has 0 aromatic heterocycles. The summed E-state index contributed by atoms with van der Waals surface area (Å²) in [5.74, 6) is -0.763. The second kappa shape index (κ2) is 7.82. The summed E-state index contributed by atoms with van der Waals surface area (Å²) in [4.78, 5) is 11.3. The Hall–Kier alpha value is -1.51. The SMILES string of the molecule is CCCCCC(Nc1c(C)cccc1CC)C(=O)O. The van der Waals surface area contributed by atoms with Crippen LogP contribution in [0.3, 0.4) is 0 Å². The molecule has 1 aromatic rings. The van der Waals surface area contributed by atoms with Gasteiger partial charge in [-0.15, -0.1) is 0 Å². The normalized spacial score (nSPS) is 12.2. The summed E-state index contributed by atoms with van der Waals surface area (Å²) in [6, 6.07) is 5.61. The minimum absolute atomic E-state index is 0.488. The van der Waals surface area contributed by atoms with Gasteiger partial charge in [-0.2, -0.15) is 0 Å². The maximum absolute atomic E-state index is 11.3. The van der Waals surface area contributed by atoms with Crippen LogP contribution >= 0.6 is 0 Å². The van der Waals surface area contributed by atoms with Crippen molar-refractivity contribution in [3.05, 3.63) is 29.3 Å². The van der Waals surface area contributed by atoms with E-state index >= 15 is 0 Å². The van der Waals surface area contributed by atoms with E-state index in [1.165, 1.54) is 5.56 Å². The first kappa shape index (κ1) is 15.5. The van der Waals surface area contributed by atoms with Crippen LogP contribution in [0.2, 0.25) is 0 Å². The molecule has 1 rings (SSSR count). The van der Waals surface area contributed by atoms with Gasteiger partial charge in [-0.25, -0.2) is 4.79 Å². The molecule has 19 heavy (non-hydrogen) atoms. The van der Waals surface area contributed by atoms with Crippen molar-refractivity contribution < 1.29 is 9.90 Å². The van der Waals surface area contributed by atoms with Crippen molar-refractivity contribution >= 4 is 11.7 Å². The highest BCUT2D eigenvalue weighted by molar-refractivity contribution is 5.78. The number of anilines is 1. The zero-order chi connectivity index (χ0) is 14.3. The fourth-order valence-electron chi connectivity index (χ4n) is 2.26. The van der Waals surface area contributed by atoms with Gasteiger partial charge in [0, 0.05) is 5.69 Å². The van der Waals surface area contributed by atoms with Crippen LogP contribution in [-0.4, -0.2) is 17.1 Å². The van der Waals surface area contributed by atoms with Crippen LogP contribution in [0.15, 0.2) is 18.2 Å². The number of rotatable bonds is 8. The predicted octanol–water partition coefficient (Wildman–Crippen LogP) is 4.00. The summed E-state index contributed by atoms with van der Waals surface area (Å²) in [7, 11) is 0. The number of aliphatic carboxylic acids is 1. The molecule has 3 heteroatoms. The van der Waals surface area contributed by atoms with Crippen LogP contribution in [0.4, 0.5) is 5.69 Å². The Labute approximate surface area is 116 Å². The number of hydrogen-bond acceptors (Lipinski definition) is 2. The minimum Gasteiger partial charge on any atom is -0.480 e. The molecule has 1 unspecified atom stereocenters. The highest BCUT2D eigenvalue weighted by Gasteiger charge is 2.18. The summed E-state index contributed by atoms with van der Waals surface area (Å²) in [5, 5.41) is 12.6. The molecule has 0 aliphatic heterocycles. The van der Waals surface area contributed by atoms with Gasteiger partial charge < -0.3 is 10.4 Å². The third kappa shape index (κ3) is 4.58. The maximum Gasteiger partial charge on any atom is 0.326 e. The predicted molar refractivity (Wildman–Crippen MR) is 79.7 cm³/mol. The third-order valence-electron chi connectivity index (χ3n) is 3.45. The molecule has 0 spiro atoms. The van der Waals surface area contributed by atoms with E-state index in [4.69, 9.17) is 0 Å². The zero-order valence-electron chi connectivity index (χ0n) is 12.2. The lowest BCUT2D eigenvalue weighted by atomic mass is 10.0. The number of aryl methyl sites for hydroxylation is 2. The van der Waals surface area contributed by atoms with Crippen molar-refractivity contribution in [2.45, 2.75) is 58.9 Å². The van der Waals surface area contributed by atoms with Crippen LogP contribution in [0.25, 0.3) is 0 Å². The highest BCUT2D eigenvalue weighted by atomic mass is 16.4. The third-order valence-corrected chi connectivity index (χ3v) is 3.45.